The van der Waals surface area contributed by atoms with E-state index >= 15 is 0 Å². The van der Waals surface area contributed by atoms with E-state index in [0.29, 0.717) is 5.92 Å². The maximum atomic E-state index is 6.00. The molecular formula is C20H33ClN2O. The molecule has 2 aliphatic rings. The highest BCUT2D eigenvalue weighted by molar-refractivity contribution is 5.85. The van der Waals surface area contributed by atoms with Gasteiger partial charge in [0.05, 0.1) is 0 Å². The molecule has 0 radical (unpaired) electrons. The number of likely N-dealkylation sites (N-methyl/N-ethyl adjacent to an activating group) is 1. The SMILES string of the molecule is Cc1cc(OCCN(C)C2CC3CCC(C2)N3)ccc1C(C)C.Cl. The molecule has 1 N–H and O–H groups in total. The molecule has 0 amide bonds. The first-order valence-electron chi connectivity index (χ1n) is 9.22. The van der Waals surface area contributed by atoms with Crippen LogP contribution in [0.4, 0.5) is 0 Å². The van der Waals surface area contributed by atoms with Crippen LogP contribution in [-0.2, 0) is 0 Å². The molecule has 2 unspecified atom stereocenters. The summed E-state index contributed by atoms with van der Waals surface area (Å²) >= 11 is 0. The van der Waals surface area contributed by atoms with Gasteiger partial charge in [0.2, 0.25) is 0 Å². The number of ether oxygens (including phenoxy) is 1. The summed E-state index contributed by atoms with van der Waals surface area (Å²) in [5, 5.41) is 3.72. The minimum absolute atomic E-state index is 0. The minimum Gasteiger partial charge on any atom is -0.492 e. The summed E-state index contributed by atoms with van der Waals surface area (Å²) < 4.78 is 6.00. The van der Waals surface area contributed by atoms with Crippen LogP contribution in [0.5, 0.6) is 5.75 Å². The number of halogens is 1. The second-order valence-electron chi connectivity index (χ2n) is 7.77. The Bertz CT molecular complexity index is 522. The van der Waals surface area contributed by atoms with Crippen molar-refractivity contribution in [1.82, 2.24) is 10.2 Å². The van der Waals surface area contributed by atoms with Gasteiger partial charge in [-0.3, -0.25) is 4.90 Å². The highest BCUT2D eigenvalue weighted by atomic mass is 35.5. The van der Waals surface area contributed by atoms with E-state index in [1.807, 2.05) is 0 Å². The number of hydrogen-bond acceptors (Lipinski definition) is 3. The van der Waals surface area contributed by atoms with Gasteiger partial charge in [-0.25, -0.2) is 0 Å². The first kappa shape index (κ1) is 19.6. The summed E-state index contributed by atoms with van der Waals surface area (Å²) in [6.07, 6.45) is 5.34. The quantitative estimate of drug-likeness (QED) is 0.832. The lowest BCUT2D eigenvalue weighted by molar-refractivity contribution is 0.147. The van der Waals surface area contributed by atoms with Crippen molar-refractivity contribution in [3.63, 3.8) is 0 Å². The van der Waals surface area contributed by atoms with Crippen molar-refractivity contribution in [3.8, 4) is 5.75 Å². The summed E-state index contributed by atoms with van der Waals surface area (Å²) in [5.74, 6) is 1.58. The third-order valence-corrected chi connectivity index (χ3v) is 5.65. The number of piperidine rings is 1. The van der Waals surface area contributed by atoms with Crippen LogP contribution in [0.25, 0.3) is 0 Å². The fourth-order valence-electron chi connectivity index (χ4n) is 4.26. The number of nitrogens with one attached hydrogen (secondary N) is 1. The largest absolute Gasteiger partial charge is 0.492 e. The molecule has 2 bridgehead atoms. The Morgan fingerprint density at radius 3 is 2.46 bits per heavy atom. The molecule has 2 heterocycles. The number of nitrogens with zero attached hydrogens (tertiary/aromatic N) is 1. The smallest absolute Gasteiger partial charge is 0.119 e. The molecule has 24 heavy (non-hydrogen) atoms. The first-order valence-corrected chi connectivity index (χ1v) is 9.22. The Balaban J connectivity index is 0.00000208. The van der Waals surface area contributed by atoms with Crippen molar-refractivity contribution in [2.45, 2.75) is 70.5 Å². The van der Waals surface area contributed by atoms with Gasteiger partial charge in [-0.1, -0.05) is 19.9 Å². The van der Waals surface area contributed by atoms with Crippen molar-refractivity contribution < 1.29 is 4.74 Å². The van der Waals surface area contributed by atoms with Gasteiger partial charge >= 0.3 is 0 Å². The Morgan fingerprint density at radius 1 is 1.21 bits per heavy atom. The van der Waals surface area contributed by atoms with Gasteiger partial charge in [0.1, 0.15) is 12.4 Å². The van der Waals surface area contributed by atoms with Crippen molar-refractivity contribution in [2.24, 2.45) is 0 Å². The third kappa shape index (κ3) is 4.65. The molecule has 2 aliphatic heterocycles. The van der Waals surface area contributed by atoms with Crippen molar-refractivity contribution in [1.29, 1.82) is 0 Å². The number of rotatable bonds is 6. The Labute approximate surface area is 153 Å². The Kier molecular flexibility index (Phi) is 6.97. The molecular weight excluding hydrogens is 320 g/mol. The van der Waals surface area contributed by atoms with Crippen LogP contribution in [-0.4, -0.2) is 43.2 Å². The van der Waals surface area contributed by atoms with Gasteiger partial charge in [-0.15, -0.1) is 12.4 Å². The van der Waals surface area contributed by atoms with Crippen LogP contribution >= 0.6 is 12.4 Å². The zero-order valence-electron chi connectivity index (χ0n) is 15.5. The fourth-order valence-corrected chi connectivity index (χ4v) is 4.26. The van der Waals surface area contributed by atoms with Gasteiger partial charge in [0, 0.05) is 24.7 Å². The lowest BCUT2D eigenvalue weighted by Crippen LogP contribution is -2.47. The van der Waals surface area contributed by atoms with Crippen LogP contribution in [0.2, 0.25) is 0 Å². The van der Waals surface area contributed by atoms with Crippen LogP contribution in [0, 0.1) is 6.92 Å². The lowest BCUT2D eigenvalue weighted by Gasteiger charge is -2.35. The molecule has 136 valence electrons. The molecule has 3 nitrogen and oxygen atoms in total. The van der Waals surface area contributed by atoms with E-state index in [1.54, 1.807) is 0 Å². The second kappa shape index (κ2) is 8.55. The molecule has 0 saturated carbocycles. The van der Waals surface area contributed by atoms with Crippen LogP contribution < -0.4 is 10.1 Å². The lowest BCUT2D eigenvalue weighted by atomic mass is 9.98. The topological polar surface area (TPSA) is 24.5 Å². The molecule has 3 rings (SSSR count). The summed E-state index contributed by atoms with van der Waals surface area (Å²) in [5.41, 5.74) is 2.75. The average molecular weight is 353 g/mol. The molecule has 0 aromatic heterocycles. The highest BCUT2D eigenvalue weighted by Crippen LogP contribution is 2.29. The Morgan fingerprint density at radius 2 is 1.88 bits per heavy atom. The van der Waals surface area contributed by atoms with Crippen molar-refractivity contribution >= 4 is 12.4 Å². The van der Waals surface area contributed by atoms with E-state index in [2.05, 4.69) is 56.2 Å². The van der Waals surface area contributed by atoms with Gasteiger partial charge in [0.15, 0.2) is 0 Å². The van der Waals surface area contributed by atoms with Gasteiger partial charge < -0.3 is 10.1 Å². The fraction of sp³-hybridized carbons (Fsp3) is 0.700. The zero-order chi connectivity index (χ0) is 16.4. The predicted octanol–water partition coefficient (Wildman–Crippen LogP) is 4.13. The van der Waals surface area contributed by atoms with Gasteiger partial charge in [0.25, 0.3) is 0 Å². The average Bonchev–Trinajstić information content (AvgIpc) is 2.85. The standard InChI is InChI=1S/C20H32N2O.ClH/c1-14(2)20-8-7-19(11-15(20)3)23-10-9-22(4)18-12-16-5-6-17(13-18)21-16;/h7-8,11,14,16-18,21H,5-6,9-10,12-13H2,1-4H3;1H. The van der Waals surface area contributed by atoms with Crippen LogP contribution in [0.15, 0.2) is 18.2 Å². The van der Waals surface area contributed by atoms with Gasteiger partial charge in [-0.2, -0.15) is 0 Å². The molecule has 0 spiro atoms. The van der Waals surface area contributed by atoms with E-state index in [4.69, 9.17) is 4.74 Å². The number of hydrogen-bond donors (Lipinski definition) is 1. The number of benzene rings is 1. The van der Waals surface area contributed by atoms with E-state index in [1.165, 1.54) is 36.8 Å². The van der Waals surface area contributed by atoms with E-state index < -0.39 is 0 Å². The molecule has 2 fully saturated rings. The van der Waals surface area contributed by atoms with Crippen molar-refractivity contribution in [3.05, 3.63) is 29.3 Å². The Hall–Kier alpha value is -0.770. The summed E-state index contributed by atoms with van der Waals surface area (Å²) in [6.45, 7) is 8.44. The minimum atomic E-state index is 0. The third-order valence-electron chi connectivity index (χ3n) is 5.65. The molecule has 0 aliphatic carbocycles. The summed E-state index contributed by atoms with van der Waals surface area (Å²) in [7, 11) is 2.26. The summed E-state index contributed by atoms with van der Waals surface area (Å²) in [4.78, 5) is 2.50. The second-order valence-corrected chi connectivity index (χ2v) is 7.77. The van der Waals surface area contributed by atoms with Crippen LogP contribution in [0.1, 0.15) is 56.6 Å². The molecule has 1 aromatic carbocycles. The van der Waals surface area contributed by atoms with Crippen LogP contribution in [0.3, 0.4) is 0 Å². The van der Waals surface area contributed by atoms with Gasteiger partial charge in [-0.05, 0) is 68.8 Å². The predicted molar refractivity (Wildman–Crippen MR) is 104 cm³/mol. The van der Waals surface area contributed by atoms with Crippen molar-refractivity contribution in [2.75, 3.05) is 20.2 Å². The molecule has 1 aromatic rings. The zero-order valence-corrected chi connectivity index (χ0v) is 16.4. The molecule has 2 saturated heterocycles. The number of aryl methyl sites for hydroxylation is 1. The number of fused-ring (bicyclic) bond motifs is 2. The normalized spacial score (nSPS) is 25.8. The molecule has 2 atom stereocenters. The van der Waals surface area contributed by atoms with E-state index in [0.717, 1.165) is 37.0 Å². The maximum Gasteiger partial charge on any atom is 0.119 e. The maximum absolute atomic E-state index is 6.00. The highest BCUT2D eigenvalue weighted by Gasteiger charge is 2.34. The van der Waals surface area contributed by atoms with E-state index in [-0.39, 0.29) is 12.4 Å². The molecule has 4 heteroatoms. The summed E-state index contributed by atoms with van der Waals surface area (Å²) in [6, 6.07) is 8.75. The first-order chi connectivity index (χ1) is 11.0. The monoisotopic (exact) mass is 352 g/mol. The van der Waals surface area contributed by atoms with E-state index in [9.17, 15) is 0 Å².